The maximum atomic E-state index is 12.2. The Morgan fingerprint density at radius 3 is 2.70 bits per heavy atom. The Morgan fingerprint density at radius 2 is 2.30 bits per heavy atom. The summed E-state index contributed by atoms with van der Waals surface area (Å²) in [6.45, 7) is 2.81. The summed E-state index contributed by atoms with van der Waals surface area (Å²) in [6, 6.07) is 0. The molecule has 0 aliphatic carbocycles. The van der Waals surface area contributed by atoms with Gasteiger partial charge in [-0.05, 0) is 0 Å². The van der Waals surface area contributed by atoms with Gasteiger partial charge in [0.25, 0.3) is 0 Å². The van der Waals surface area contributed by atoms with Crippen LogP contribution < -0.4 is 0 Å². The van der Waals surface area contributed by atoms with Gasteiger partial charge >= 0.3 is 0 Å². The molecule has 1 nitrogen and oxygen atoms in total. The van der Waals surface area contributed by atoms with Gasteiger partial charge in [-0.15, -0.1) is 6.58 Å². The van der Waals surface area contributed by atoms with Crippen molar-refractivity contribution < 1.29 is 8.78 Å². The molecule has 1 atom stereocenters. The van der Waals surface area contributed by atoms with Crippen molar-refractivity contribution in [1.82, 2.24) is 4.31 Å². The standard InChI is InChI=1S/C6H10F2NS/c1-2-3-9(10)5-6(8)4-7/h2,6H,1,3-5H2. The van der Waals surface area contributed by atoms with Crippen LogP contribution in [0.3, 0.4) is 0 Å². The average molecular weight is 166 g/mol. The normalized spacial score (nSPS) is 13.6. The molecule has 0 N–H and O–H groups in total. The van der Waals surface area contributed by atoms with Crippen molar-refractivity contribution in [3.05, 3.63) is 12.7 Å². The molecule has 0 spiro atoms. The maximum absolute atomic E-state index is 12.2. The van der Waals surface area contributed by atoms with E-state index in [4.69, 9.17) is 0 Å². The van der Waals surface area contributed by atoms with Gasteiger partial charge in [0.1, 0.15) is 12.8 Å². The molecule has 0 aromatic carbocycles. The molecule has 59 valence electrons. The smallest absolute Gasteiger partial charge is 0.142 e. The van der Waals surface area contributed by atoms with E-state index in [1.165, 1.54) is 4.31 Å². The zero-order valence-electron chi connectivity index (χ0n) is 5.59. The van der Waals surface area contributed by atoms with Gasteiger partial charge in [0, 0.05) is 25.9 Å². The molecule has 4 heteroatoms. The lowest BCUT2D eigenvalue weighted by Crippen LogP contribution is -2.23. The third-order valence-electron chi connectivity index (χ3n) is 0.902. The number of alkyl halides is 2. The Labute approximate surface area is 65.3 Å². The molecule has 0 aromatic rings. The topological polar surface area (TPSA) is 3.24 Å². The molecule has 0 rings (SSSR count). The van der Waals surface area contributed by atoms with E-state index in [0.717, 1.165) is 0 Å². The van der Waals surface area contributed by atoms with Crippen LogP contribution in [0.4, 0.5) is 8.78 Å². The first kappa shape index (κ1) is 9.91. The Balaban J connectivity index is 3.35. The minimum atomic E-state index is -1.46. The van der Waals surface area contributed by atoms with Crippen molar-refractivity contribution in [3.8, 4) is 0 Å². The number of nitrogens with zero attached hydrogens (tertiary/aromatic N) is 1. The van der Waals surface area contributed by atoms with Crippen LogP contribution in [-0.4, -0.2) is 30.2 Å². The van der Waals surface area contributed by atoms with E-state index in [1.54, 1.807) is 6.08 Å². The first-order chi connectivity index (χ1) is 4.70. The van der Waals surface area contributed by atoms with Crippen molar-refractivity contribution in [2.24, 2.45) is 0 Å². The van der Waals surface area contributed by atoms with Gasteiger partial charge in [-0.1, -0.05) is 6.08 Å². The fourth-order valence-electron chi connectivity index (χ4n) is 0.488. The van der Waals surface area contributed by atoms with Crippen LogP contribution in [0.5, 0.6) is 0 Å². The lowest BCUT2D eigenvalue weighted by atomic mass is 10.4. The Morgan fingerprint density at radius 1 is 1.70 bits per heavy atom. The predicted molar refractivity (Wildman–Crippen MR) is 40.2 cm³/mol. The average Bonchev–Trinajstić information content (AvgIpc) is 1.88. The fourth-order valence-corrected chi connectivity index (χ4v) is 0.755. The summed E-state index contributed by atoms with van der Waals surface area (Å²) in [6.07, 6.45) is 0.0928. The molecule has 0 bridgehead atoms. The zero-order valence-corrected chi connectivity index (χ0v) is 6.41. The monoisotopic (exact) mass is 166 g/mol. The molecule has 0 aromatic heterocycles. The summed E-state index contributed by atoms with van der Waals surface area (Å²) < 4.78 is 25.0. The minimum Gasteiger partial charge on any atom is -0.248 e. The molecule has 1 unspecified atom stereocenters. The Kier molecular flexibility index (Phi) is 5.63. The molecule has 0 saturated heterocycles. The molecule has 10 heavy (non-hydrogen) atoms. The van der Waals surface area contributed by atoms with Gasteiger partial charge in [0.15, 0.2) is 0 Å². The van der Waals surface area contributed by atoms with Crippen LogP contribution in [0.25, 0.3) is 0 Å². The van der Waals surface area contributed by atoms with Crippen molar-refractivity contribution >= 4 is 12.8 Å². The van der Waals surface area contributed by atoms with E-state index in [2.05, 4.69) is 19.4 Å². The zero-order chi connectivity index (χ0) is 7.98. The molecule has 0 fully saturated rings. The van der Waals surface area contributed by atoms with Crippen molar-refractivity contribution in [1.29, 1.82) is 0 Å². The highest BCUT2D eigenvalue weighted by molar-refractivity contribution is 7.77. The number of hydrogen-bond donors (Lipinski definition) is 0. The van der Waals surface area contributed by atoms with Crippen LogP contribution in [0, 0.1) is 0 Å². The van der Waals surface area contributed by atoms with Crippen molar-refractivity contribution in [3.63, 3.8) is 0 Å². The summed E-state index contributed by atoms with van der Waals surface area (Å²) in [5, 5.41) is 0. The highest BCUT2D eigenvalue weighted by atomic mass is 32.1. The number of halogens is 2. The van der Waals surface area contributed by atoms with Gasteiger partial charge in [-0.3, -0.25) is 0 Å². The first-order valence-corrected chi connectivity index (χ1v) is 3.30. The predicted octanol–water partition coefficient (Wildman–Crippen LogP) is 1.89. The third kappa shape index (κ3) is 4.76. The maximum Gasteiger partial charge on any atom is 0.142 e. The number of hydrogen-bond acceptors (Lipinski definition) is 1. The lowest BCUT2D eigenvalue weighted by Gasteiger charge is -2.11. The molecule has 0 aliphatic heterocycles. The second-order valence-electron chi connectivity index (χ2n) is 1.89. The van der Waals surface area contributed by atoms with E-state index in [1.807, 2.05) is 0 Å². The number of rotatable bonds is 5. The summed E-state index contributed by atoms with van der Waals surface area (Å²) in [4.78, 5) is 0. The summed E-state index contributed by atoms with van der Waals surface area (Å²) in [7, 11) is 0. The molecular weight excluding hydrogens is 156 g/mol. The first-order valence-electron chi connectivity index (χ1n) is 2.93. The minimum absolute atomic E-state index is 0.0438. The van der Waals surface area contributed by atoms with Crippen molar-refractivity contribution in [2.75, 3.05) is 19.8 Å². The molecule has 0 saturated carbocycles. The largest absolute Gasteiger partial charge is 0.248 e. The molecule has 0 aliphatic rings. The van der Waals surface area contributed by atoms with Crippen LogP contribution in [-0.2, 0) is 0 Å². The van der Waals surface area contributed by atoms with Crippen LogP contribution in [0.15, 0.2) is 12.7 Å². The third-order valence-corrected chi connectivity index (χ3v) is 1.20. The van der Waals surface area contributed by atoms with Crippen LogP contribution >= 0.6 is 12.8 Å². The second-order valence-corrected chi connectivity index (χ2v) is 2.40. The fraction of sp³-hybridized carbons (Fsp3) is 0.667. The van der Waals surface area contributed by atoms with Gasteiger partial charge in [-0.2, -0.15) is 0 Å². The van der Waals surface area contributed by atoms with E-state index in [0.29, 0.717) is 6.54 Å². The van der Waals surface area contributed by atoms with Gasteiger partial charge in [0.05, 0.1) is 0 Å². The lowest BCUT2D eigenvalue weighted by molar-refractivity contribution is 0.229. The molecular formula is C6H10F2NS. The summed E-state index contributed by atoms with van der Waals surface area (Å²) >= 11 is 4.63. The van der Waals surface area contributed by atoms with Crippen LogP contribution in [0.1, 0.15) is 0 Å². The Hall–Kier alpha value is -0.0900. The highest BCUT2D eigenvalue weighted by Gasteiger charge is 2.08. The van der Waals surface area contributed by atoms with E-state index < -0.39 is 12.8 Å². The quantitative estimate of drug-likeness (QED) is 0.564. The molecule has 0 heterocycles. The second kappa shape index (κ2) is 5.68. The molecule has 0 amide bonds. The van der Waals surface area contributed by atoms with E-state index in [9.17, 15) is 8.78 Å². The van der Waals surface area contributed by atoms with E-state index in [-0.39, 0.29) is 6.54 Å². The van der Waals surface area contributed by atoms with Gasteiger partial charge < -0.3 is 0 Å². The van der Waals surface area contributed by atoms with E-state index >= 15 is 0 Å². The van der Waals surface area contributed by atoms with Gasteiger partial charge in [-0.25, -0.2) is 13.1 Å². The van der Waals surface area contributed by atoms with Gasteiger partial charge in [0.2, 0.25) is 0 Å². The highest BCUT2D eigenvalue weighted by Crippen LogP contribution is 1.99. The van der Waals surface area contributed by atoms with Crippen LogP contribution in [0.2, 0.25) is 0 Å². The Bertz CT molecular complexity index is 99.7. The summed E-state index contributed by atoms with van der Waals surface area (Å²) in [5.74, 6) is 0. The SMILES string of the molecule is C=CCN([S])CC(F)CF. The molecule has 1 radical (unpaired) electrons. The summed E-state index contributed by atoms with van der Waals surface area (Å²) in [5.41, 5.74) is 0. The van der Waals surface area contributed by atoms with Crippen molar-refractivity contribution in [2.45, 2.75) is 6.17 Å².